The Bertz CT molecular complexity index is 864. The van der Waals surface area contributed by atoms with E-state index in [4.69, 9.17) is 0 Å². The first-order valence-corrected chi connectivity index (χ1v) is 8.57. The maximum Gasteiger partial charge on any atom is 0.139 e. The van der Waals surface area contributed by atoms with Crippen LogP contribution in [0.4, 0.5) is 0 Å². The molecular formula is C21H22N2O. The number of aromatic hydroxyl groups is 1. The van der Waals surface area contributed by atoms with Gasteiger partial charge in [-0.05, 0) is 48.1 Å². The van der Waals surface area contributed by atoms with E-state index in [9.17, 15) is 5.11 Å². The summed E-state index contributed by atoms with van der Waals surface area (Å²) in [5, 5.41) is 14.6. The molecule has 1 aliphatic heterocycles. The lowest BCUT2D eigenvalue weighted by molar-refractivity contribution is 0.480. The van der Waals surface area contributed by atoms with Gasteiger partial charge in [0.2, 0.25) is 0 Å². The highest BCUT2D eigenvalue weighted by Gasteiger charge is 2.16. The molecule has 1 aromatic heterocycles. The van der Waals surface area contributed by atoms with Crippen molar-refractivity contribution in [2.75, 3.05) is 6.54 Å². The number of aromatic nitrogens is 1. The van der Waals surface area contributed by atoms with E-state index in [-0.39, 0.29) is 0 Å². The molecule has 3 N–H and O–H groups in total. The number of rotatable bonds is 4. The standard InChI is InChI=1S/C21H22N2O/c24-20-9-7-16(19-11-13-23-21(19)20)6-8-18-14-17(10-12-22-18)15-4-2-1-3-5-15/h1-5,7,9-11,13,18,22-24H,6,8,12,14H2. The van der Waals surface area contributed by atoms with E-state index in [0.717, 1.165) is 36.7 Å². The minimum Gasteiger partial charge on any atom is -0.506 e. The average Bonchev–Trinajstić information content (AvgIpc) is 3.13. The zero-order chi connectivity index (χ0) is 16.4. The van der Waals surface area contributed by atoms with Gasteiger partial charge in [-0.2, -0.15) is 0 Å². The third kappa shape index (κ3) is 2.95. The van der Waals surface area contributed by atoms with Crippen molar-refractivity contribution in [1.82, 2.24) is 10.3 Å². The molecule has 2 aromatic carbocycles. The van der Waals surface area contributed by atoms with Crippen molar-refractivity contribution in [2.45, 2.75) is 25.3 Å². The van der Waals surface area contributed by atoms with Gasteiger partial charge in [0.05, 0.1) is 5.52 Å². The minimum atomic E-state index is 0.323. The summed E-state index contributed by atoms with van der Waals surface area (Å²) in [6.07, 6.45) is 7.36. The van der Waals surface area contributed by atoms with Crippen LogP contribution in [0, 0.1) is 0 Å². The molecule has 3 aromatic rings. The fourth-order valence-corrected chi connectivity index (χ4v) is 3.61. The predicted molar refractivity (Wildman–Crippen MR) is 99.1 cm³/mol. The molecule has 0 bridgehead atoms. The number of phenols is 1. The van der Waals surface area contributed by atoms with Crippen LogP contribution in [0.5, 0.6) is 5.75 Å². The number of aromatic amines is 1. The largest absolute Gasteiger partial charge is 0.506 e. The number of hydrogen-bond donors (Lipinski definition) is 3. The molecule has 24 heavy (non-hydrogen) atoms. The number of hydrogen-bond acceptors (Lipinski definition) is 2. The number of phenolic OH excluding ortho intramolecular Hbond substituents is 1. The van der Waals surface area contributed by atoms with Crippen molar-refractivity contribution in [1.29, 1.82) is 0 Å². The van der Waals surface area contributed by atoms with E-state index in [0.29, 0.717) is 11.8 Å². The van der Waals surface area contributed by atoms with Gasteiger partial charge in [0.15, 0.2) is 0 Å². The van der Waals surface area contributed by atoms with Gasteiger partial charge in [0, 0.05) is 24.2 Å². The van der Waals surface area contributed by atoms with Crippen LogP contribution < -0.4 is 5.32 Å². The first-order valence-electron chi connectivity index (χ1n) is 8.57. The Morgan fingerprint density at radius 2 is 1.92 bits per heavy atom. The molecule has 0 radical (unpaired) electrons. The molecule has 0 saturated heterocycles. The second-order valence-electron chi connectivity index (χ2n) is 6.45. The molecule has 2 heterocycles. The van der Waals surface area contributed by atoms with E-state index < -0.39 is 0 Å². The highest BCUT2D eigenvalue weighted by Crippen LogP contribution is 2.29. The molecule has 4 rings (SSSR count). The van der Waals surface area contributed by atoms with Crippen molar-refractivity contribution < 1.29 is 5.11 Å². The summed E-state index contributed by atoms with van der Waals surface area (Å²) >= 11 is 0. The summed E-state index contributed by atoms with van der Waals surface area (Å²) in [4.78, 5) is 3.12. The Kier molecular flexibility index (Phi) is 4.09. The van der Waals surface area contributed by atoms with Crippen molar-refractivity contribution in [3.8, 4) is 5.75 Å². The van der Waals surface area contributed by atoms with Gasteiger partial charge in [0.1, 0.15) is 5.75 Å². The summed E-state index contributed by atoms with van der Waals surface area (Å²) < 4.78 is 0. The number of H-pyrrole nitrogens is 1. The lowest BCUT2D eigenvalue weighted by Gasteiger charge is -2.25. The van der Waals surface area contributed by atoms with Crippen LogP contribution in [-0.2, 0) is 6.42 Å². The van der Waals surface area contributed by atoms with Crippen LogP contribution in [0.3, 0.4) is 0 Å². The molecule has 3 heteroatoms. The predicted octanol–water partition coefficient (Wildman–Crippen LogP) is 4.25. The third-order valence-electron chi connectivity index (χ3n) is 4.92. The van der Waals surface area contributed by atoms with E-state index in [2.05, 4.69) is 46.7 Å². The molecular weight excluding hydrogens is 296 g/mol. The van der Waals surface area contributed by atoms with Gasteiger partial charge in [0.25, 0.3) is 0 Å². The molecule has 1 unspecified atom stereocenters. The SMILES string of the molecule is Oc1ccc(CCC2CC(c3ccccc3)=CCN2)c2cc[nH]c12. The highest BCUT2D eigenvalue weighted by molar-refractivity contribution is 5.88. The molecule has 0 spiro atoms. The molecule has 0 saturated carbocycles. The van der Waals surface area contributed by atoms with Gasteiger partial charge in [-0.1, -0.05) is 42.5 Å². The van der Waals surface area contributed by atoms with Crippen LogP contribution in [0.1, 0.15) is 24.0 Å². The monoisotopic (exact) mass is 318 g/mol. The zero-order valence-corrected chi connectivity index (χ0v) is 13.6. The zero-order valence-electron chi connectivity index (χ0n) is 13.6. The second kappa shape index (κ2) is 6.54. The third-order valence-corrected chi connectivity index (χ3v) is 4.92. The number of aryl methyl sites for hydroxylation is 1. The average molecular weight is 318 g/mol. The first-order chi connectivity index (χ1) is 11.8. The summed E-state index contributed by atoms with van der Waals surface area (Å²) in [5.74, 6) is 0.323. The van der Waals surface area contributed by atoms with Crippen LogP contribution in [0.25, 0.3) is 16.5 Å². The Morgan fingerprint density at radius 1 is 1.04 bits per heavy atom. The van der Waals surface area contributed by atoms with Crippen LogP contribution in [0.2, 0.25) is 0 Å². The quantitative estimate of drug-likeness (QED) is 0.673. The maximum absolute atomic E-state index is 9.91. The van der Waals surface area contributed by atoms with E-state index in [1.807, 2.05) is 18.3 Å². The Morgan fingerprint density at radius 3 is 2.79 bits per heavy atom. The lowest BCUT2D eigenvalue weighted by atomic mass is 9.91. The lowest BCUT2D eigenvalue weighted by Crippen LogP contribution is -2.33. The van der Waals surface area contributed by atoms with Gasteiger partial charge < -0.3 is 15.4 Å². The molecule has 3 nitrogen and oxygen atoms in total. The van der Waals surface area contributed by atoms with Crippen LogP contribution >= 0.6 is 0 Å². The minimum absolute atomic E-state index is 0.323. The van der Waals surface area contributed by atoms with Crippen molar-refractivity contribution in [2.24, 2.45) is 0 Å². The van der Waals surface area contributed by atoms with E-state index in [1.165, 1.54) is 16.7 Å². The van der Waals surface area contributed by atoms with E-state index in [1.54, 1.807) is 6.07 Å². The maximum atomic E-state index is 9.91. The highest BCUT2D eigenvalue weighted by atomic mass is 16.3. The Balaban J connectivity index is 1.45. The van der Waals surface area contributed by atoms with Crippen molar-refractivity contribution in [3.05, 3.63) is 71.9 Å². The number of benzene rings is 2. The first kappa shape index (κ1) is 15.0. The van der Waals surface area contributed by atoms with Crippen LogP contribution in [-0.4, -0.2) is 22.7 Å². The number of nitrogens with one attached hydrogen (secondary N) is 2. The smallest absolute Gasteiger partial charge is 0.139 e. The fraction of sp³-hybridized carbons (Fsp3) is 0.238. The fourth-order valence-electron chi connectivity index (χ4n) is 3.61. The molecule has 0 amide bonds. The summed E-state index contributed by atoms with van der Waals surface area (Å²) in [7, 11) is 0. The molecule has 0 aliphatic carbocycles. The van der Waals surface area contributed by atoms with Crippen molar-refractivity contribution in [3.63, 3.8) is 0 Å². The van der Waals surface area contributed by atoms with Gasteiger partial charge in [-0.15, -0.1) is 0 Å². The van der Waals surface area contributed by atoms with E-state index >= 15 is 0 Å². The van der Waals surface area contributed by atoms with Crippen molar-refractivity contribution >= 4 is 16.5 Å². The molecule has 1 aliphatic rings. The Labute approximate surface area is 142 Å². The number of fused-ring (bicyclic) bond motifs is 1. The van der Waals surface area contributed by atoms with Gasteiger partial charge in [-0.3, -0.25) is 0 Å². The second-order valence-corrected chi connectivity index (χ2v) is 6.45. The Hall–Kier alpha value is -2.52. The molecule has 122 valence electrons. The topological polar surface area (TPSA) is 48.0 Å². The normalized spacial score (nSPS) is 17.8. The summed E-state index contributed by atoms with van der Waals surface area (Å²) in [6, 6.07) is 17.0. The molecule has 1 atom stereocenters. The summed E-state index contributed by atoms with van der Waals surface area (Å²) in [6.45, 7) is 0.935. The van der Waals surface area contributed by atoms with Gasteiger partial charge >= 0.3 is 0 Å². The van der Waals surface area contributed by atoms with Gasteiger partial charge in [-0.25, -0.2) is 0 Å². The molecule has 0 fully saturated rings. The summed E-state index contributed by atoms with van der Waals surface area (Å²) in [5.41, 5.74) is 4.91. The van der Waals surface area contributed by atoms with Crippen LogP contribution in [0.15, 0.2) is 60.8 Å².